The summed E-state index contributed by atoms with van der Waals surface area (Å²) in [5.74, 6) is -58.0. The van der Waals surface area contributed by atoms with Crippen molar-refractivity contribution < 1.29 is 87.8 Å². The number of benzene rings is 1. The van der Waals surface area contributed by atoms with Gasteiger partial charge in [-0.15, -0.1) is 0 Å². The third-order valence-electron chi connectivity index (χ3n) is 4.42. The van der Waals surface area contributed by atoms with Gasteiger partial charge in [0, 0.05) is 12.7 Å². The molecule has 0 heterocycles. The van der Waals surface area contributed by atoms with Gasteiger partial charge in [-0.2, -0.15) is 87.8 Å². The Morgan fingerprint density at radius 3 is 0.973 bits per heavy atom. The number of alkyl halides is 20. The van der Waals surface area contributed by atoms with Gasteiger partial charge in [0.05, 0.1) is 5.56 Å². The Labute approximate surface area is 217 Å². The number of halogens is 22. The average molecular weight is 816 g/mol. The lowest BCUT2D eigenvalue weighted by atomic mass is 9.87. The van der Waals surface area contributed by atoms with Crippen LogP contribution in [0.15, 0.2) is 12.1 Å². The van der Waals surface area contributed by atoms with Crippen LogP contribution in [0.3, 0.4) is 0 Å². The summed E-state index contributed by atoms with van der Waals surface area (Å²) in [7, 11) is 0. The van der Waals surface area contributed by atoms with Crippen LogP contribution < -0.4 is 0 Å². The van der Waals surface area contributed by atoms with Crippen molar-refractivity contribution in [3.63, 3.8) is 0 Å². The zero-order valence-corrected chi connectivity index (χ0v) is 20.3. The standard InChI is InChI=1S/C15H2F20I2/c16-7(17,3-1-6(37)4(2-5(3)36)8(18,19)20)9(21,22)10(23,24)11(25,26)12(27,28)13(29,30)14(31,32)15(33,34)35/h1-2H. The minimum Gasteiger partial charge on any atom is -0.194 e. The predicted octanol–water partition coefficient (Wildman–Crippen LogP) is 9.38. The molecule has 0 atom stereocenters. The van der Waals surface area contributed by atoms with Crippen LogP contribution in [0.1, 0.15) is 11.1 Å². The number of hydrogen-bond acceptors (Lipinski definition) is 0. The molecule has 0 aliphatic carbocycles. The zero-order valence-electron chi connectivity index (χ0n) is 16.0. The van der Waals surface area contributed by atoms with Gasteiger partial charge in [-0.3, -0.25) is 0 Å². The second-order valence-corrected chi connectivity index (χ2v) is 9.15. The highest BCUT2D eigenvalue weighted by molar-refractivity contribution is 14.1. The third kappa shape index (κ3) is 4.79. The summed E-state index contributed by atoms with van der Waals surface area (Å²) in [4.78, 5) is 0. The SMILES string of the molecule is FC(F)(F)c1cc(I)c(C(F)(F)C(F)(F)C(F)(F)C(F)(F)C(F)(F)C(F)(F)C(F)(F)C(F)(F)F)cc1I. The smallest absolute Gasteiger partial charge is 0.194 e. The van der Waals surface area contributed by atoms with E-state index in [-0.39, 0.29) is 0 Å². The van der Waals surface area contributed by atoms with E-state index in [1.165, 1.54) is 0 Å². The Hall–Kier alpha value is -0.720. The zero-order chi connectivity index (χ0) is 30.2. The van der Waals surface area contributed by atoms with Crippen molar-refractivity contribution in [1.82, 2.24) is 0 Å². The lowest BCUT2D eigenvalue weighted by Gasteiger charge is -2.43. The van der Waals surface area contributed by atoms with Crippen LogP contribution in [-0.2, 0) is 12.1 Å². The van der Waals surface area contributed by atoms with Gasteiger partial charge in [0.15, 0.2) is 0 Å². The maximum Gasteiger partial charge on any atom is 0.460 e. The van der Waals surface area contributed by atoms with Gasteiger partial charge in [-0.05, 0) is 57.3 Å². The van der Waals surface area contributed by atoms with Crippen molar-refractivity contribution in [2.75, 3.05) is 0 Å². The first-order chi connectivity index (χ1) is 15.8. The van der Waals surface area contributed by atoms with E-state index in [1.54, 1.807) is 0 Å². The Bertz CT molecular complexity index is 1020. The summed E-state index contributed by atoms with van der Waals surface area (Å²) in [5.41, 5.74) is -4.56. The van der Waals surface area contributed by atoms with E-state index in [2.05, 4.69) is 0 Å². The Morgan fingerprint density at radius 2 is 0.649 bits per heavy atom. The van der Waals surface area contributed by atoms with Crippen molar-refractivity contribution in [1.29, 1.82) is 0 Å². The van der Waals surface area contributed by atoms with Gasteiger partial charge in [0.1, 0.15) is 0 Å². The molecule has 0 amide bonds. The molecular weight excluding hydrogens is 814 g/mol. The number of hydrogen-bond donors (Lipinski definition) is 0. The van der Waals surface area contributed by atoms with Crippen molar-refractivity contribution >= 4 is 45.2 Å². The second-order valence-electron chi connectivity index (χ2n) is 6.83. The molecule has 37 heavy (non-hydrogen) atoms. The topological polar surface area (TPSA) is 0 Å². The molecule has 0 bridgehead atoms. The van der Waals surface area contributed by atoms with E-state index in [1.807, 2.05) is 0 Å². The molecule has 0 saturated heterocycles. The van der Waals surface area contributed by atoms with Crippen molar-refractivity contribution in [3.05, 3.63) is 30.4 Å². The fourth-order valence-corrected chi connectivity index (χ4v) is 3.92. The summed E-state index contributed by atoms with van der Waals surface area (Å²) < 4.78 is 262. The molecule has 216 valence electrons. The third-order valence-corrected chi connectivity index (χ3v) is 6.21. The average Bonchev–Trinajstić information content (AvgIpc) is 2.66. The summed E-state index contributed by atoms with van der Waals surface area (Å²) in [5, 5.41) is 0. The van der Waals surface area contributed by atoms with E-state index in [9.17, 15) is 87.8 Å². The van der Waals surface area contributed by atoms with Crippen molar-refractivity contribution in [2.24, 2.45) is 0 Å². The van der Waals surface area contributed by atoms with E-state index in [0.717, 1.165) is 0 Å². The van der Waals surface area contributed by atoms with Crippen LogP contribution in [0.2, 0.25) is 0 Å². The molecule has 0 unspecified atom stereocenters. The predicted molar refractivity (Wildman–Crippen MR) is 96.5 cm³/mol. The van der Waals surface area contributed by atoms with Crippen LogP contribution in [0.25, 0.3) is 0 Å². The normalized spacial score (nSPS) is 15.8. The molecule has 0 N–H and O–H groups in total. The van der Waals surface area contributed by atoms with Gasteiger partial charge in [-0.25, -0.2) is 0 Å². The van der Waals surface area contributed by atoms with Crippen LogP contribution in [0, 0.1) is 7.14 Å². The van der Waals surface area contributed by atoms with Gasteiger partial charge >= 0.3 is 53.8 Å². The largest absolute Gasteiger partial charge is 0.460 e. The quantitative estimate of drug-likeness (QED) is 0.190. The maximum atomic E-state index is 14.3. The van der Waals surface area contributed by atoms with Crippen molar-refractivity contribution in [2.45, 2.75) is 53.8 Å². The molecule has 0 aliphatic heterocycles. The first-order valence-corrected chi connectivity index (χ1v) is 10.2. The van der Waals surface area contributed by atoms with E-state index in [0.29, 0.717) is 45.2 Å². The van der Waals surface area contributed by atoms with Gasteiger partial charge in [0.2, 0.25) is 0 Å². The minimum atomic E-state index is -8.79. The Morgan fingerprint density at radius 1 is 0.378 bits per heavy atom. The molecule has 0 nitrogen and oxygen atoms in total. The first-order valence-electron chi connectivity index (χ1n) is 8.06. The van der Waals surface area contributed by atoms with Gasteiger partial charge in [0.25, 0.3) is 0 Å². The fraction of sp³-hybridized carbons (Fsp3) is 0.600. The van der Waals surface area contributed by atoms with Crippen LogP contribution in [0.4, 0.5) is 87.8 Å². The van der Waals surface area contributed by atoms with Crippen molar-refractivity contribution in [3.8, 4) is 0 Å². The molecule has 0 fully saturated rings. The fourth-order valence-electron chi connectivity index (χ4n) is 2.34. The van der Waals surface area contributed by atoms with E-state index >= 15 is 0 Å². The highest BCUT2D eigenvalue weighted by atomic mass is 127. The molecule has 1 aromatic carbocycles. The van der Waals surface area contributed by atoms with Gasteiger partial charge < -0.3 is 0 Å². The lowest BCUT2D eigenvalue weighted by Crippen LogP contribution is -2.74. The van der Waals surface area contributed by atoms with E-state index < -0.39 is 84.2 Å². The van der Waals surface area contributed by atoms with Crippen LogP contribution in [-0.4, -0.2) is 41.7 Å². The summed E-state index contributed by atoms with van der Waals surface area (Å²) in [6.45, 7) is 0. The summed E-state index contributed by atoms with van der Waals surface area (Å²) in [6.07, 6.45) is -13.3. The maximum absolute atomic E-state index is 14.3. The molecule has 22 heteroatoms. The highest BCUT2D eigenvalue weighted by Gasteiger charge is 2.95. The second kappa shape index (κ2) is 9.16. The molecule has 0 aliphatic rings. The molecule has 1 rings (SSSR count). The van der Waals surface area contributed by atoms with Crippen LogP contribution >= 0.6 is 45.2 Å². The first kappa shape index (κ1) is 34.3. The van der Waals surface area contributed by atoms with E-state index in [4.69, 9.17) is 0 Å². The molecule has 0 spiro atoms. The lowest BCUT2D eigenvalue weighted by molar-refractivity contribution is -0.462. The Balaban J connectivity index is 3.84. The minimum absolute atomic E-state index is 0.364. The summed E-state index contributed by atoms with van der Waals surface area (Å²) >= 11 is 0.890. The van der Waals surface area contributed by atoms with Crippen LogP contribution in [0.5, 0.6) is 0 Å². The van der Waals surface area contributed by atoms with Gasteiger partial charge in [-0.1, -0.05) is 0 Å². The molecule has 0 saturated carbocycles. The molecule has 0 radical (unpaired) electrons. The molecule has 0 aromatic heterocycles. The molecule has 1 aromatic rings. The molecular formula is C15H2F20I2. The summed E-state index contributed by atoms with van der Waals surface area (Å²) in [6, 6.07) is -1.05. The monoisotopic (exact) mass is 816 g/mol. The highest BCUT2D eigenvalue weighted by Crippen LogP contribution is 2.65. The Kier molecular flexibility index (Phi) is 8.49. The number of rotatable bonds is 7.